The maximum Gasteiger partial charge on any atom is 0.170 e. The van der Waals surface area contributed by atoms with Crippen molar-refractivity contribution in [2.75, 3.05) is 17.6 Å². The fourth-order valence-corrected chi connectivity index (χ4v) is 2.88. The average molecular weight is 357 g/mol. The monoisotopic (exact) mass is 356 g/mol. The van der Waals surface area contributed by atoms with Crippen molar-refractivity contribution in [3.63, 3.8) is 0 Å². The summed E-state index contributed by atoms with van der Waals surface area (Å²) >= 11 is 18.9. The van der Waals surface area contributed by atoms with Crippen LogP contribution in [0.3, 0.4) is 0 Å². The van der Waals surface area contributed by atoms with Gasteiger partial charge in [-0.05, 0) is 48.6 Å². The normalized spacial score (nSPS) is 10.2. The first-order valence-corrected chi connectivity index (χ1v) is 8.48. The first kappa shape index (κ1) is 16.4. The van der Waals surface area contributed by atoms with E-state index in [1.165, 1.54) is 4.90 Å². The van der Waals surface area contributed by atoms with E-state index >= 15 is 0 Å². The van der Waals surface area contributed by atoms with E-state index in [1.807, 2.05) is 48.5 Å². The van der Waals surface area contributed by atoms with Crippen LogP contribution in [0.4, 0.5) is 5.69 Å². The maximum atomic E-state index is 6.06. The van der Waals surface area contributed by atoms with Crippen LogP contribution in [-0.2, 0) is 0 Å². The molecule has 110 valence electrons. The molecule has 0 unspecified atom stereocenters. The molecule has 0 bridgehead atoms. The van der Waals surface area contributed by atoms with E-state index in [2.05, 4.69) is 10.6 Å². The highest BCUT2D eigenvalue weighted by Crippen LogP contribution is 2.21. The van der Waals surface area contributed by atoms with E-state index in [4.69, 9.17) is 35.4 Å². The van der Waals surface area contributed by atoms with Crippen molar-refractivity contribution < 1.29 is 0 Å². The Kier molecular flexibility index (Phi) is 6.64. The fourth-order valence-electron chi connectivity index (χ4n) is 1.59. The topological polar surface area (TPSA) is 24.1 Å². The molecule has 0 radical (unpaired) electrons. The fraction of sp³-hybridized carbons (Fsp3) is 0.133. The summed E-state index contributed by atoms with van der Waals surface area (Å²) in [5.41, 5.74) is 0.807. The Bertz CT molecular complexity index is 603. The van der Waals surface area contributed by atoms with Gasteiger partial charge in [-0.15, -0.1) is 11.8 Å². The van der Waals surface area contributed by atoms with Gasteiger partial charge in [0.25, 0.3) is 0 Å². The molecular weight excluding hydrogens is 343 g/mol. The number of nitrogens with one attached hydrogen (secondary N) is 2. The SMILES string of the molecule is S=C(NCCSc1ccc(Cl)cc1)Nc1ccccc1Cl. The van der Waals surface area contributed by atoms with Crippen LogP contribution >= 0.6 is 47.2 Å². The Morgan fingerprint density at radius 2 is 1.76 bits per heavy atom. The lowest BCUT2D eigenvalue weighted by molar-refractivity contribution is 0.990. The van der Waals surface area contributed by atoms with Crippen LogP contribution in [0.5, 0.6) is 0 Å². The maximum absolute atomic E-state index is 6.06. The molecule has 0 amide bonds. The Balaban J connectivity index is 1.70. The predicted molar refractivity (Wildman–Crippen MR) is 97.9 cm³/mol. The molecule has 0 heterocycles. The Morgan fingerprint density at radius 3 is 2.48 bits per heavy atom. The van der Waals surface area contributed by atoms with Gasteiger partial charge in [-0.1, -0.05) is 35.3 Å². The number of thioether (sulfide) groups is 1. The smallest absolute Gasteiger partial charge is 0.170 e. The summed E-state index contributed by atoms with van der Waals surface area (Å²) in [5, 5.41) is 8.20. The minimum atomic E-state index is 0.569. The number of halogens is 2. The Labute approximate surface area is 144 Å². The van der Waals surface area contributed by atoms with E-state index in [-0.39, 0.29) is 0 Å². The van der Waals surface area contributed by atoms with Gasteiger partial charge in [0, 0.05) is 22.2 Å². The minimum Gasteiger partial charge on any atom is -0.362 e. The van der Waals surface area contributed by atoms with Crippen LogP contribution in [0.15, 0.2) is 53.4 Å². The standard InChI is InChI=1S/C15H14Cl2N2S2/c16-11-5-7-12(8-6-11)21-10-9-18-15(20)19-14-4-2-1-3-13(14)17/h1-8H,9-10H2,(H2,18,19,20). The first-order chi connectivity index (χ1) is 10.1. The molecule has 0 atom stereocenters. The van der Waals surface area contributed by atoms with Crippen LogP contribution in [-0.4, -0.2) is 17.4 Å². The van der Waals surface area contributed by atoms with Gasteiger partial charge < -0.3 is 10.6 Å². The largest absolute Gasteiger partial charge is 0.362 e. The lowest BCUT2D eigenvalue weighted by Crippen LogP contribution is -2.30. The molecule has 2 N–H and O–H groups in total. The predicted octanol–water partition coefficient (Wildman–Crippen LogP) is 5.07. The lowest BCUT2D eigenvalue weighted by Gasteiger charge is -2.11. The summed E-state index contributed by atoms with van der Waals surface area (Å²) in [6.45, 7) is 0.767. The summed E-state index contributed by atoms with van der Waals surface area (Å²) in [4.78, 5) is 1.19. The molecule has 0 aliphatic carbocycles. The first-order valence-electron chi connectivity index (χ1n) is 6.33. The molecule has 2 aromatic rings. The van der Waals surface area contributed by atoms with Crippen molar-refractivity contribution in [1.82, 2.24) is 5.32 Å². The minimum absolute atomic E-state index is 0.569. The van der Waals surface area contributed by atoms with Crippen LogP contribution in [0.1, 0.15) is 0 Å². The van der Waals surface area contributed by atoms with Crippen molar-refractivity contribution in [2.24, 2.45) is 0 Å². The zero-order chi connectivity index (χ0) is 15.1. The summed E-state index contributed by atoms with van der Waals surface area (Å²) in [6, 6.07) is 15.3. The zero-order valence-corrected chi connectivity index (χ0v) is 14.3. The molecular formula is C15H14Cl2N2S2. The van der Waals surface area contributed by atoms with Crippen LogP contribution in [0.2, 0.25) is 10.0 Å². The van der Waals surface area contributed by atoms with Gasteiger partial charge in [-0.3, -0.25) is 0 Å². The molecule has 2 rings (SSSR count). The number of anilines is 1. The van der Waals surface area contributed by atoms with Gasteiger partial charge in [0.05, 0.1) is 10.7 Å². The van der Waals surface area contributed by atoms with Crippen molar-refractivity contribution in [2.45, 2.75) is 4.90 Å². The molecule has 2 aromatic carbocycles. The number of hydrogen-bond acceptors (Lipinski definition) is 2. The van der Waals surface area contributed by atoms with Crippen molar-refractivity contribution >= 4 is 58.0 Å². The van der Waals surface area contributed by atoms with Gasteiger partial charge in [0.1, 0.15) is 0 Å². The van der Waals surface area contributed by atoms with Gasteiger partial charge in [-0.25, -0.2) is 0 Å². The number of benzene rings is 2. The van der Waals surface area contributed by atoms with E-state index in [1.54, 1.807) is 11.8 Å². The highest BCUT2D eigenvalue weighted by molar-refractivity contribution is 7.99. The van der Waals surface area contributed by atoms with Gasteiger partial charge >= 0.3 is 0 Å². The molecule has 0 aromatic heterocycles. The van der Waals surface area contributed by atoms with Gasteiger partial charge in [0.15, 0.2) is 5.11 Å². The molecule has 0 aliphatic rings. The number of rotatable bonds is 5. The zero-order valence-electron chi connectivity index (χ0n) is 11.1. The van der Waals surface area contributed by atoms with E-state index < -0.39 is 0 Å². The Hall–Kier alpha value is -0.940. The molecule has 0 saturated carbocycles. The summed E-state index contributed by atoms with van der Waals surface area (Å²) in [6.07, 6.45) is 0. The number of para-hydroxylation sites is 1. The molecule has 21 heavy (non-hydrogen) atoms. The second-order valence-electron chi connectivity index (χ2n) is 4.16. The van der Waals surface area contributed by atoms with Crippen LogP contribution in [0.25, 0.3) is 0 Å². The van der Waals surface area contributed by atoms with Crippen LogP contribution < -0.4 is 10.6 Å². The number of thiocarbonyl (C=S) groups is 1. The van der Waals surface area contributed by atoms with E-state index in [9.17, 15) is 0 Å². The number of hydrogen-bond donors (Lipinski definition) is 2. The third kappa shape index (κ3) is 5.75. The Morgan fingerprint density at radius 1 is 1.05 bits per heavy atom. The average Bonchev–Trinajstić information content (AvgIpc) is 2.48. The quantitative estimate of drug-likeness (QED) is 0.443. The highest BCUT2D eigenvalue weighted by atomic mass is 35.5. The summed E-state index contributed by atoms with van der Waals surface area (Å²) in [7, 11) is 0. The second-order valence-corrected chi connectivity index (χ2v) is 6.58. The van der Waals surface area contributed by atoms with Crippen molar-refractivity contribution in [1.29, 1.82) is 0 Å². The van der Waals surface area contributed by atoms with Crippen molar-refractivity contribution in [3.05, 3.63) is 58.6 Å². The second kappa shape index (κ2) is 8.49. The molecule has 0 saturated heterocycles. The highest BCUT2D eigenvalue weighted by Gasteiger charge is 2.01. The molecule has 0 spiro atoms. The third-order valence-electron chi connectivity index (χ3n) is 2.59. The third-order valence-corrected chi connectivity index (χ3v) is 4.43. The lowest BCUT2D eigenvalue weighted by atomic mass is 10.3. The summed E-state index contributed by atoms with van der Waals surface area (Å²) < 4.78 is 0. The molecule has 2 nitrogen and oxygen atoms in total. The summed E-state index contributed by atoms with van der Waals surface area (Å²) in [5.74, 6) is 0.909. The van der Waals surface area contributed by atoms with Crippen LogP contribution in [0, 0.1) is 0 Å². The van der Waals surface area contributed by atoms with Crippen molar-refractivity contribution in [3.8, 4) is 0 Å². The molecule has 0 aliphatic heterocycles. The van der Waals surface area contributed by atoms with E-state index in [0.29, 0.717) is 10.1 Å². The van der Waals surface area contributed by atoms with E-state index in [0.717, 1.165) is 23.0 Å². The molecule has 6 heteroatoms. The van der Waals surface area contributed by atoms with Gasteiger partial charge in [0.2, 0.25) is 0 Å². The van der Waals surface area contributed by atoms with Gasteiger partial charge in [-0.2, -0.15) is 0 Å². The molecule has 0 fully saturated rings.